The number of ether oxygens (including phenoxy) is 2. The Bertz CT molecular complexity index is 835. The summed E-state index contributed by atoms with van der Waals surface area (Å²) < 4.78 is 11.8. The fourth-order valence-electron chi connectivity index (χ4n) is 2.92. The van der Waals surface area contributed by atoms with Crippen LogP contribution < -0.4 is 35.2 Å². The Morgan fingerprint density at radius 3 is 1.57 bits per heavy atom. The molecule has 37 heavy (non-hydrogen) atoms. The SMILES string of the molecule is CCN(CC)CCNCCCC1(C)Oc2ccccc2O1.O=C([O-])C=CC(=O)[O-].O=C([O-])C=CC(=O)[O-]. The molecule has 1 aromatic rings. The van der Waals surface area contributed by atoms with Crippen molar-refractivity contribution in [2.75, 3.05) is 32.7 Å². The predicted molar refractivity (Wildman–Crippen MR) is 124 cm³/mol. The molecular formula is C25H32N2O10-4. The second-order valence-corrected chi connectivity index (χ2v) is 7.61. The number of para-hydroxylation sites is 2. The summed E-state index contributed by atoms with van der Waals surface area (Å²) in [5, 5.41) is 41.2. The summed E-state index contributed by atoms with van der Waals surface area (Å²) in [6, 6.07) is 7.87. The molecule has 0 aliphatic carbocycles. The lowest BCUT2D eigenvalue weighted by Gasteiger charge is -2.23. The molecule has 0 fully saturated rings. The molecule has 0 unspecified atom stereocenters. The predicted octanol–water partition coefficient (Wildman–Crippen LogP) is -3.03. The number of nitrogens with zero attached hydrogens (tertiary/aromatic N) is 1. The number of nitrogens with one attached hydrogen (secondary N) is 1. The van der Waals surface area contributed by atoms with Crippen molar-refractivity contribution in [2.45, 2.75) is 39.4 Å². The van der Waals surface area contributed by atoms with Crippen molar-refractivity contribution in [1.29, 1.82) is 0 Å². The van der Waals surface area contributed by atoms with Crippen LogP contribution in [0.2, 0.25) is 0 Å². The van der Waals surface area contributed by atoms with E-state index >= 15 is 0 Å². The van der Waals surface area contributed by atoms with Gasteiger partial charge in [-0.1, -0.05) is 26.0 Å². The van der Waals surface area contributed by atoms with Crippen molar-refractivity contribution in [1.82, 2.24) is 10.2 Å². The molecule has 0 radical (unpaired) electrons. The van der Waals surface area contributed by atoms with Crippen molar-refractivity contribution >= 4 is 23.9 Å². The molecule has 0 saturated carbocycles. The van der Waals surface area contributed by atoms with Gasteiger partial charge in [0.15, 0.2) is 11.5 Å². The van der Waals surface area contributed by atoms with Gasteiger partial charge in [-0.25, -0.2) is 0 Å². The van der Waals surface area contributed by atoms with Crippen LogP contribution >= 0.6 is 0 Å². The number of carboxylic acid groups (broad SMARTS) is 4. The number of hydrogen-bond donors (Lipinski definition) is 1. The van der Waals surface area contributed by atoms with E-state index in [1.165, 1.54) is 0 Å². The van der Waals surface area contributed by atoms with Crippen LogP contribution in [0.4, 0.5) is 0 Å². The van der Waals surface area contributed by atoms with Crippen molar-refractivity contribution in [3.05, 3.63) is 48.6 Å². The third kappa shape index (κ3) is 17.2. The van der Waals surface area contributed by atoms with Gasteiger partial charge in [0, 0.05) is 26.4 Å². The highest BCUT2D eigenvalue weighted by Crippen LogP contribution is 2.40. The van der Waals surface area contributed by atoms with E-state index in [2.05, 4.69) is 24.1 Å². The van der Waals surface area contributed by atoms with Gasteiger partial charge >= 0.3 is 0 Å². The highest BCUT2D eigenvalue weighted by atomic mass is 16.7. The van der Waals surface area contributed by atoms with Crippen LogP contribution in [-0.2, 0) is 19.2 Å². The molecule has 0 spiro atoms. The Labute approximate surface area is 215 Å². The number of carbonyl (C=O) groups is 4. The Morgan fingerprint density at radius 1 is 0.811 bits per heavy atom. The third-order valence-corrected chi connectivity index (χ3v) is 4.70. The van der Waals surface area contributed by atoms with E-state index in [9.17, 15) is 39.6 Å². The topological polar surface area (TPSA) is 194 Å². The zero-order chi connectivity index (χ0) is 28.3. The minimum atomic E-state index is -1.55. The number of hydrogen-bond acceptors (Lipinski definition) is 12. The molecule has 0 amide bonds. The fraction of sp³-hybridized carbons (Fsp3) is 0.440. The van der Waals surface area contributed by atoms with Gasteiger partial charge < -0.3 is 59.3 Å². The van der Waals surface area contributed by atoms with Gasteiger partial charge in [0.2, 0.25) is 5.79 Å². The molecule has 206 valence electrons. The molecule has 0 saturated heterocycles. The van der Waals surface area contributed by atoms with Gasteiger partial charge in [-0.3, -0.25) is 0 Å². The Kier molecular flexibility index (Phi) is 16.4. The molecule has 1 aliphatic heterocycles. The Balaban J connectivity index is 0.000000669. The van der Waals surface area contributed by atoms with E-state index < -0.39 is 29.7 Å². The molecule has 2 rings (SSSR count). The summed E-state index contributed by atoms with van der Waals surface area (Å²) in [6.07, 6.45) is 3.47. The van der Waals surface area contributed by atoms with E-state index in [-0.39, 0.29) is 0 Å². The maximum atomic E-state index is 9.41. The number of likely N-dealkylation sites (N-methyl/N-ethyl adjacent to an activating group) is 1. The highest BCUT2D eigenvalue weighted by molar-refractivity contribution is 5.88. The number of rotatable bonds is 13. The summed E-state index contributed by atoms with van der Waals surface area (Å²) in [4.78, 5) is 40.1. The van der Waals surface area contributed by atoms with Crippen LogP contribution in [0.3, 0.4) is 0 Å². The van der Waals surface area contributed by atoms with Gasteiger partial charge in [0.1, 0.15) is 0 Å². The minimum absolute atomic E-state index is 0.384. The standard InChI is InChI=1S/C17H28N2O2.2C4H4O4/c1-4-19(5-2)14-13-18-12-8-11-17(3)20-15-9-6-7-10-16(15)21-17;2*5-3(6)1-2-4(7)8/h6-7,9-10,18H,4-5,8,11-14H2,1-3H3;2*1-2H,(H,5,6)(H,7,8)/p-4. The molecule has 12 heteroatoms. The van der Waals surface area contributed by atoms with Crippen LogP contribution in [0.5, 0.6) is 11.5 Å². The van der Waals surface area contributed by atoms with Gasteiger partial charge in [0.25, 0.3) is 0 Å². The van der Waals surface area contributed by atoms with Crippen LogP contribution in [0.15, 0.2) is 48.6 Å². The zero-order valence-electron chi connectivity index (χ0n) is 21.1. The largest absolute Gasteiger partial charge is 0.545 e. The number of fused-ring (bicyclic) bond motifs is 1. The lowest BCUT2D eigenvalue weighted by Crippen LogP contribution is -2.36. The van der Waals surface area contributed by atoms with E-state index in [0.29, 0.717) is 24.3 Å². The van der Waals surface area contributed by atoms with E-state index in [1.807, 2.05) is 31.2 Å². The lowest BCUT2D eigenvalue weighted by molar-refractivity contribution is -0.301. The number of benzene rings is 1. The molecule has 12 nitrogen and oxygen atoms in total. The number of aliphatic carboxylic acids is 4. The van der Waals surface area contributed by atoms with Gasteiger partial charge in [-0.15, -0.1) is 0 Å². The molecule has 0 aromatic heterocycles. The van der Waals surface area contributed by atoms with Gasteiger partial charge in [-0.05, 0) is 62.5 Å². The van der Waals surface area contributed by atoms with Gasteiger partial charge in [-0.2, -0.15) is 0 Å². The van der Waals surface area contributed by atoms with Gasteiger partial charge in [0.05, 0.1) is 23.9 Å². The summed E-state index contributed by atoms with van der Waals surface area (Å²) in [5.74, 6) is -4.99. The first-order chi connectivity index (χ1) is 17.4. The minimum Gasteiger partial charge on any atom is -0.545 e. The second kappa shape index (κ2) is 18.4. The molecule has 0 bridgehead atoms. The van der Waals surface area contributed by atoms with E-state index in [4.69, 9.17) is 9.47 Å². The first-order valence-corrected chi connectivity index (χ1v) is 11.5. The maximum absolute atomic E-state index is 9.41. The molecule has 1 aliphatic rings. The Hall–Kier alpha value is -3.90. The summed E-state index contributed by atoms with van der Waals surface area (Å²) in [7, 11) is 0. The van der Waals surface area contributed by atoms with E-state index in [1.54, 1.807) is 0 Å². The summed E-state index contributed by atoms with van der Waals surface area (Å²) in [5.41, 5.74) is 0. The summed E-state index contributed by atoms with van der Waals surface area (Å²) in [6.45, 7) is 11.8. The molecule has 0 atom stereocenters. The van der Waals surface area contributed by atoms with Crippen LogP contribution in [0.1, 0.15) is 33.6 Å². The molecular weight excluding hydrogens is 488 g/mol. The second-order valence-electron chi connectivity index (χ2n) is 7.61. The number of carboxylic acids is 4. The first-order valence-electron chi connectivity index (χ1n) is 11.5. The first kappa shape index (κ1) is 33.1. The lowest BCUT2D eigenvalue weighted by atomic mass is 10.1. The quantitative estimate of drug-likeness (QED) is 0.204. The Morgan fingerprint density at radius 2 is 1.22 bits per heavy atom. The average Bonchev–Trinajstić information content (AvgIpc) is 3.18. The molecule has 1 aromatic carbocycles. The van der Waals surface area contributed by atoms with Crippen LogP contribution in [0, 0.1) is 0 Å². The van der Waals surface area contributed by atoms with Crippen LogP contribution in [0.25, 0.3) is 0 Å². The zero-order valence-corrected chi connectivity index (χ0v) is 21.1. The third-order valence-electron chi connectivity index (χ3n) is 4.70. The fourth-order valence-corrected chi connectivity index (χ4v) is 2.92. The van der Waals surface area contributed by atoms with E-state index in [0.717, 1.165) is 57.1 Å². The van der Waals surface area contributed by atoms with Crippen molar-refractivity contribution in [2.24, 2.45) is 0 Å². The van der Waals surface area contributed by atoms with Crippen LogP contribution in [-0.4, -0.2) is 67.3 Å². The van der Waals surface area contributed by atoms with Crippen molar-refractivity contribution in [3.63, 3.8) is 0 Å². The number of carbonyl (C=O) groups excluding carboxylic acids is 4. The molecule has 1 heterocycles. The average molecular weight is 521 g/mol. The highest BCUT2D eigenvalue weighted by Gasteiger charge is 2.35. The monoisotopic (exact) mass is 520 g/mol. The summed E-state index contributed by atoms with van der Waals surface area (Å²) >= 11 is 0. The maximum Gasteiger partial charge on any atom is 0.248 e. The van der Waals surface area contributed by atoms with Crippen molar-refractivity contribution < 1.29 is 49.1 Å². The van der Waals surface area contributed by atoms with Crippen molar-refractivity contribution in [3.8, 4) is 11.5 Å². The normalized spacial score (nSPS) is 13.0. The smallest absolute Gasteiger partial charge is 0.248 e. The molecule has 1 N–H and O–H groups in total.